The van der Waals surface area contributed by atoms with Gasteiger partial charge in [-0.1, -0.05) is 32.4 Å². The average molecular weight is 426 g/mol. The number of hydrogen-bond donors (Lipinski definition) is 5. The van der Waals surface area contributed by atoms with Crippen molar-refractivity contribution in [2.45, 2.75) is 51.2 Å². The average Bonchev–Trinajstić information content (AvgIpc) is 2.70. The first-order chi connectivity index (χ1) is 13.7. The molecule has 0 saturated heterocycles. The largest absolute Gasteiger partial charge is 0.508 e. The predicted molar refractivity (Wildman–Crippen MR) is 114 cm³/mol. The van der Waals surface area contributed by atoms with Crippen LogP contribution in [-0.4, -0.2) is 58.1 Å². The first-order valence-electron chi connectivity index (χ1n) is 9.55. The molecule has 0 fully saturated rings. The summed E-state index contributed by atoms with van der Waals surface area (Å²) < 4.78 is 0. The van der Waals surface area contributed by atoms with Crippen molar-refractivity contribution in [2.75, 3.05) is 12.0 Å². The molecule has 0 bridgehead atoms. The number of phenols is 1. The standard InChI is InChI=1S/C20H31N3O5S/c1-4-12(2)17(20(27)28)23-19(26)16(11-13-5-7-14(24)8-6-13)22-18(25)15(21)9-10-29-3/h5-8,12,15-17,24H,4,9-11,21H2,1-3H3,(H,22,25)(H,23,26)(H,27,28). The minimum atomic E-state index is -1.13. The quantitative estimate of drug-likeness (QED) is 0.338. The number of hydrogen-bond acceptors (Lipinski definition) is 6. The molecule has 4 unspecified atom stereocenters. The van der Waals surface area contributed by atoms with Gasteiger partial charge in [0, 0.05) is 6.42 Å². The van der Waals surface area contributed by atoms with E-state index in [1.807, 2.05) is 13.2 Å². The van der Waals surface area contributed by atoms with E-state index in [4.69, 9.17) is 5.73 Å². The van der Waals surface area contributed by atoms with E-state index in [0.29, 0.717) is 24.2 Å². The van der Waals surface area contributed by atoms with Crippen molar-refractivity contribution in [3.8, 4) is 5.75 Å². The Morgan fingerprint density at radius 1 is 1.14 bits per heavy atom. The molecule has 9 heteroatoms. The second-order valence-electron chi connectivity index (χ2n) is 7.03. The number of rotatable bonds is 12. The summed E-state index contributed by atoms with van der Waals surface area (Å²) in [4.78, 5) is 36.8. The van der Waals surface area contributed by atoms with Crippen LogP contribution in [0.2, 0.25) is 0 Å². The molecule has 2 amide bonds. The van der Waals surface area contributed by atoms with Crippen molar-refractivity contribution in [1.82, 2.24) is 10.6 Å². The zero-order chi connectivity index (χ0) is 22.0. The van der Waals surface area contributed by atoms with Gasteiger partial charge in [-0.05, 0) is 42.0 Å². The van der Waals surface area contributed by atoms with Crippen molar-refractivity contribution < 1.29 is 24.6 Å². The number of phenolic OH excluding ortho intramolecular Hbond substituents is 1. The van der Waals surface area contributed by atoms with Crippen LogP contribution in [0.25, 0.3) is 0 Å². The normalized spacial score (nSPS) is 15.0. The van der Waals surface area contributed by atoms with Crippen molar-refractivity contribution in [1.29, 1.82) is 0 Å². The Hall–Kier alpha value is -2.26. The molecule has 0 spiro atoms. The van der Waals surface area contributed by atoms with Gasteiger partial charge in [-0.2, -0.15) is 11.8 Å². The van der Waals surface area contributed by atoms with Gasteiger partial charge >= 0.3 is 5.97 Å². The zero-order valence-electron chi connectivity index (χ0n) is 17.1. The molecule has 162 valence electrons. The summed E-state index contributed by atoms with van der Waals surface area (Å²) in [6.45, 7) is 3.58. The van der Waals surface area contributed by atoms with E-state index in [0.717, 1.165) is 0 Å². The molecule has 29 heavy (non-hydrogen) atoms. The van der Waals surface area contributed by atoms with Crippen LogP contribution in [0.15, 0.2) is 24.3 Å². The van der Waals surface area contributed by atoms with E-state index in [1.165, 1.54) is 12.1 Å². The molecular formula is C20H31N3O5S. The molecule has 0 aromatic heterocycles. The van der Waals surface area contributed by atoms with Gasteiger partial charge in [0.2, 0.25) is 11.8 Å². The molecule has 0 aliphatic rings. The van der Waals surface area contributed by atoms with Crippen molar-refractivity contribution >= 4 is 29.5 Å². The molecule has 0 heterocycles. The maximum Gasteiger partial charge on any atom is 0.326 e. The lowest BCUT2D eigenvalue weighted by Gasteiger charge is -2.25. The lowest BCUT2D eigenvalue weighted by Crippen LogP contribution is -2.56. The zero-order valence-corrected chi connectivity index (χ0v) is 17.9. The van der Waals surface area contributed by atoms with Crippen molar-refractivity contribution in [3.63, 3.8) is 0 Å². The van der Waals surface area contributed by atoms with E-state index < -0.39 is 35.9 Å². The molecular weight excluding hydrogens is 394 g/mol. The topological polar surface area (TPSA) is 142 Å². The lowest BCUT2D eigenvalue weighted by molar-refractivity contribution is -0.143. The number of aliphatic carboxylic acids is 1. The fourth-order valence-electron chi connectivity index (χ4n) is 2.67. The van der Waals surface area contributed by atoms with Gasteiger partial charge in [0.1, 0.15) is 17.8 Å². The van der Waals surface area contributed by atoms with Gasteiger partial charge in [-0.25, -0.2) is 4.79 Å². The summed E-state index contributed by atoms with van der Waals surface area (Å²) >= 11 is 1.57. The van der Waals surface area contributed by atoms with Gasteiger partial charge < -0.3 is 26.6 Å². The number of carboxylic acid groups (broad SMARTS) is 1. The SMILES string of the molecule is CCC(C)C(NC(=O)C(Cc1ccc(O)cc1)NC(=O)C(N)CCSC)C(=O)O. The molecule has 0 saturated carbocycles. The van der Waals surface area contributed by atoms with E-state index in [1.54, 1.807) is 30.8 Å². The van der Waals surface area contributed by atoms with E-state index >= 15 is 0 Å². The third-order valence-electron chi connectivity index (χ3n) is 4.76. The third kappa shape index (κ3) is 8.33. The summed E-state index contributed by atoms with van der Waals surface area (Å²) in [6.07, 6.45) is 3.09. The molecule has 8 nitrogen and oxygen atoms in total. The highest BCUT2D eigenvalue weighted by atomic mass is 32.2. The van der Waals surface area contributed by atoms with Crippen molar-refractivity contribution in [2.24, 2.45) is 11.7 Å². The Labute approximate surface area is 175 Å². The fourth-order valence-corrected chi connectivity index (χ4v) is 3.16. The number of carbonyl (C=O) groups excluding carboxylic acids is 2. The number of amides is 2. The van der Waals surface area contributed by atoms with Gasteiger partial charge in [0.05, 0.1) is 6.04 Å². The molecule has 4 atom stereocenters. The summed E-state index contributed by atoms with van der Waals surface area (Å²) in [5.74, 6) is -1.66. The van der Waals surface area contributed by atoms with Crippen LogP contribution < -0.4 is 16.4 Å². The Kier molecular flexibility index (Phi) is 10.5. The second kappa shape index (κ2) is 12.3. The first-order valence-corrected chi connectivity index (χ1v) is 10.9. The first kappa shape index (κ1) is 24.8. The van der Waals surface area contributed by atoms with E-state index in [2.05, 4.69) is 10.6 Å². The molecule has 0 aliphatic carbocycles. The highest BCUT2D eigenvalue weighted by Gasteiger charge is 2.30. The number of carboxylic acids is 1. The summed E-state index contributed by atoms with van der Waals surface area (Å²) in [7, 11) is 0. The summed E-state index contributed by atoms with van der Waals surface area (Å²) in [5, 5.41) is 24.1. The third-order valence-corrected chi connectivity index (χ3v) is 5.40. The number of nitrogens with one attached hydrogen (secondary N) is 2. The van der Waals surface area contributed by atoms with Crippen LogP contribution in [0.4, 0.5) is 0 Å². The highest BCUT2D eigenvalue weighted by molar-refractivity contribution is 7.98. The number of aromatic hydroxyl groups is 1. The van der Waals surface area contributed by atoms with Gasteiger partial charge in [-0.3, -0.25) is 9.59 Å². The molecule has 6 N–H and O–H groups in total. The Morgan fingerprint density at radius 2 is 1.76 bits per heavy atom. The number of thioether (sulfide) groups is 1. The van der Waals surface area contributed by atoms with Gasteiger partial charge in [-0.15, -0.1) is 0 Å². The molecule has 0 radical (unpaired) electrons. The van der Waals surface area contributed by atoms with Crippen LogP contribution in [0.5, 0.6) is 5.75 Å². The monoisotopic (exact) mass is 425 g/mol. The fraction of sp³-hybridized carbons (Fsp3) is 0.550. The van der Waals surface area contributed by atoms with Crippen LogP contribution >= 0.6 is 11.8 Å². The lowest BCUT2D eigenvalue weighted by atomic mass is 9.98. The minimum Gasteiger partial charge on any atom is -0.508 e. The Balaban J connectivity index is 2.98. The summed E-state index contributed by atoms with van der Waals surface area (Å²) in [6, 6.07) is 3.43. The second-order valence-corrected chi connectivity index (χ2v) is 8.02. The number of benzene rings is 1. The maximum absolute atomic E-state index is 12.8. The molecule has 0 aliphatic heterocycles. The predicted octanol–water partition coefficient (Wildman–Crippen LogP) is 1.12. The molecule has 1 rings (SSSR count). The van der Waals surface area contributed by atoms with Gasteiger partial charge in [0.25, 0.3) is 0 Å². The highest BCUT2D eigenvalue weighted by Crippen LogP contribution is 2.13. The number of carbonyl (C=O) groups is 3. The summed E-state index contributed by atoms with van der Waals surface area (Å²) in [5.41, 5.74) is 6.60. The van der Waals surface area contributed by atoms with Crippen LogP contribution in [0, 0.1) is 5.92 Å². The smallest absolute Gasteiger partial charge is 0.326 e. The minimum absolute atomic E-state index is 0.0839. The van der Waals surface area contributed by atoms with E-state index in [-0.39, 0.29) is 18.1 Å². The Bertz CT molecular complexity index is 683. The van der Waals surface area contributed by atoms with Crippen molar-refractivity contribution in [3.05, 3.63) is 29.8 Å². The van der Waals surface area contributed by atoms with Crippen LogP contribution in [0.3, 0.4) is 0 Å². The maximum atomic E-state index is 12.8. The Morgan fingerprint density at radius 3 is 2.28 bits per heavy atom. The van der Waals surface area contributed by atoms with Crippen LogP contribution in [0.1, 0.15) is 32.3 Å². The van der Waals surface area contributed by atoms with E-state index in [9.17, 15) is 24.6 Å². The van der Waals surface area contributed by atoms with Crippen LogP contribution in [-0.2, 0) is 20.8 Å². The molecule has 1 aromatic carbocycles. The number of nitrogens with two attached hydrogens (primary N) is 1. The van der Waals surface area contributed by atoms with Gasteiger partial charge in [0.15, 0.2) is 0 Å². The molecule has 1 aromatic rings.